The van der Waals surface area contributed by atoms with Crippen LogP contribution in [0.5, 0.6) is 0 Å². The summed E-state index contributed by atoms with van der Waals surface area (Å²) in [5.74, 6) is -0.779. The van der Waals surface area contributed by atoms with E-state index in [9.17, 15) is 14.7 Å². The topological polar surface area (TPSA) is 70.0 Å². The van der Waals surface area contributed by atoms with Crippen LogP contribution < -0.4 is 0 Å². The van der Waals surface area contributed by atoms with E-state index in [1.807, 2.05) is 0 Å². The summed E-state index contributed by atoms with van der Waals surface area (Å²) in [5.41, 5.74) is -1.24. The molecule has 112 valence electrons. The molecule has 0 saturated heterocycles. The van der Waals surface area contributed by atoms with Crippen LogP contribution in [0.15, 0.2) is 29.3 Å². The van der Waals surface area contributed by atoms with Gasteiger partial charge in [-0.3, -0.25) is 19.5 Å². The van der Waals surface area contributed by atoms with Gasteiger partial charge in [0.2, 0.25) is 0 Å². The summed E-state index contributed by atoms with van der Waals surface area (Å²) >= 11 is 0. The summed E-state index contributed by atoms with van der Waals surface area (Å²) in [7, 11) is 0. The van der Waals surface area contributed by atoms with Crippen LogP contribution >= 0.6 is 0 Å². The fraction of sp³-hybridized carbons (Fsp3) is 0.438. The molecule has 1 aliphatic rings. The Kier molecular flexibility index (Phi) is 3.49. The van der Waals surface area contributed by atoms with Crippen molar-refractivity contribution in [2.45, 2.75) is 44.9 Å². The van der Waals surface area contributed by atoms with Gasteiger partial charge in [-0.15, -0.1) is 0 Å². The molecule has 0 aliphatic carbocycles. The normalized spacial score (nSPS) is 16.9. The molecule has 1 aliphatic heterocycles. The molecule has 2 rings (SSSR count). The smallest absolute Gasteiger partial charge is 0.262 e. The molecule has 0 saturated carbocycles. The number of imide groups is 1. The van der Waals surface area contributed by atoms with E-state index in [2.05, 4.69) is 11.7 Å². The Hall–Kier alpha value is -2.01. The molecule has 0 spiro atoms. The molecular weight excluding hydrogens is 268 g/mol. The van der Waals surface area contributed by atoms with Crippen LogP contribution in [0, 0.1) is 0 Å². The Balaban J connectivity index is 2.46. The van der Waals surface area contributed by atoms with E-state index in [1.54, 1.807) is 52.0 Å². The lowest BCUT2D eigenvalue weighted by Gasteiger charge is -2.43. The van der Waals surface area contributed by atoms with Crippen molar-refractivity contribution in [2.24, 2.45) is 4.99 Å². The van der Waals surface area contributed by atoms with Crippen molar-refractivity contribution >= 4 is 18.5 Å². The highest BCUT2D eigenvalue weighted by molar-refractivity contribution is 6.21. The lowest BCUT2D eigenvalue weighted by Crippen LogP contribution is -2.60. The number of carbonyl (C=O) groups is 2. The summed E-state index contributed by atoms with van der Waals surface area (Å²) in [6, 6.07) is 6.67. The molecule has 1 aromatic rings. The van der Waals surface area contributed by atoms with Crippen LogP contribution in [0.3, 0.4) is 0 Å². The van der Waals surface area contributed by atoms with Crippen LogP contribution in [0.25, 0.3) is 0 Å². The van der Waals surface area contributed by atoms with Gasteiger partial charge in [-0.05, 0) is 46.5 Å². The number of amides is 2. The fourth-order valence-electron chi connectivity index (χ4n) is 2.79. The van der Waals surface area contributed by atoms with Crippen molar-refractivity contribution in [2.75, 3.05) is 0 Å². The summed E-state index contributed by atoms with van der Waals surface area (Å²) < 4.78 is 0. The average molecular weight is 288 g/mol. The highest BCUT2D eigenvalue weighted by Gasteiger charge is 2.51. The number of aliphatic hydroxyl groups excluding tert-OH is 1. The van der Waals surface area contributed by atoms with Gasteiger partial charge in [0.15, 0.2) is 0 Å². The molecule has 21 heavy (non-hydrogen) atoms. The number of nitrogens with zero attached hydrogens (tertiary/aromatic N) is 2. The monoisotopic (exact) mass is 288 g/mol. The summed E-state index contributed by atoms with van der Waals surface area (Å²) in [4.78, 5) is 30.1. The first-order valence-corrected chi connectivity index (χ1v) is 6.78. The van der Waals surface area contributed by atoms with Crippen LogP contribution in [0.2, 0.25) is 0 Å². The van der Waals surface area contributed by atoms with Gasteiger partial charge in [-0.2, -0.15) is 0 Å². The number of aliphatic hydroxyl groups is 1. The van der Waals surface area contributed by atoms with Crippen molar-refractivity contribution in [3.05, 3.63) is 35.4 Å². The number of benzene rings is 1. The van der Waals surface area contributed by atoms with E-state index in [0.29, 0.717) is 11.1 Å². The van der Waals surface area contributed by atoms with E-state index in [0.717, 1.165) is 4.90 Å². The number of rotatable bonds is 4. The van der Waals surface area contributed by atoms with Crippen molar-refractivity contribution in [3.8, 4) is 0 Å². The molecule has 0 radical (unpaired) electrons. The third kappa shape index (κ3) is 2.17. The van der Waals surface area contributed by atoms with Crippen molar-refractivity contribution < 1.29 is 14.7 Å². The number of hydrogen-bond acceptors (Lipinski definition) is 4. The zero-order valence-electron chi connectivity index (χ0n) is 12.8. The third-order valence-electron chi connectivity index (χ3n) is 4.12. The van der Waals surface area contributed by atoms with Gasteiger partial charge in [-0.1, -0.05) is 12.1 Å². The number of aliphatic imine (C=N–C) groups is 1. The molecule has 5 nitrogen and oxygen atoms in total. The average Bonchev–Trinajstić information content (AvgIpc) is 2.71. The minimum atomic E-state index is -1.10. The second kappa shape index (κ2) is 4.77. The second-order valence-electron chi connectivity index (χ2n) is 6.36. The zero-order chi connectivity index (χ0) is 16.0. The van der Waals surface area contributed by atoms with Crippen LogP contribution in [-0.2, 0) is 0 Å². The lowest BCUT2D eigenvalue weighted by atomic mass is 9.82. The Morgan fingerprint density at radius 1 is 1.10 bits per heavy atom. The Bertz CT molecular complexity index is 585. The fourth-order valence-corrected chi connectivity index (χ4v) is 2.79. The van der Waals surface area contributed by atoms with Gasteiger partial charge in [0.25, 0.3) is 11.8 Å². The maximum absolute atomic E-state index is 12.5. The molecule has 2 amide bonds. The van der Waals surface area contributed by atoms with Crippen molar-refractivity contribution in [1.82, 2.24) is 4.90 Å². The third-order valence-corrected chi connectivity index (χ3v) is 4.12. The standard InChI is InChI=1S/C16H20N2O3/c1-15(2,17-5)14(21)16(3,4)18-12(19)10-8-6-7-9-11(10)13(18)20/h6-9,14,21H,5H2,1-4H3. The predicted octanol–water partition coefficient (Wildman–Crippen LogP) is 1.90. The highest BCUT2D eigenvalue weighted by Crippen LogP contribution is 2.35. The quantitative estimate of drug-likeness (QED) is 0.679. The first kappa shape index (κ1) is 15.4. The molecule has 1 aromatic carbocycles. The van der Waals surface area contributed by atoms with Gasteiger partial charge < -0.3 is 5.11 Å². The zero-order valence-corrected chi connectivity index (χ0v) is 12.8. The van der Waals surface area contributed by atoms with Crippen LogP contribution in [0.1, 0.15) is 48.4 Å². The molecule has 1 N–H and O–H groups in total. The second-order valence-corrected chi connectivity index (χ2v) is 6.36. The van der Waals surface area contributed by atoms with Gasteiger partial charge in [0, 0.05) is 0 Å². The summed E-state index contributed by atoms with van der Waals surface area (Å²) in [6.45, 7) is 10.2. The van der Waals surface area contributed by atoms with Crippen LogP contribution in [0.4, 0.5) is 0 Å². The highest BCUT2D eigenvalue weighted by atomic mass is 16.3. The molecule has 0 bridgehead atoms. The Morgan fingerprint density at radius 3 is 1.90 bits per heavy atom. The predicted molar refractivity (Wildman–Crippen MR) is 80.7 cm³/mol. The van der Waals surface area contributed by atoms with Crippen molar-refractivity contribution in [3.63, 3.8) is 0 Å². The molecular formula is C16H20N2O3. The van der Waals surface area contributed by atoms with Gasteiger partial charge in [0.1, 0.15) is 6.10 Å². The van der Waals surface area contributed by atoms with E-state index < -0.39 is 17.2 Å². The maximum atomic E-state index is 12.5. The van der Waals surface area contributed by atoms with E-state index in [1.165, 1.54) is 0 Å². The minimum absolute atomic E-state index is 0.368. The number of hydrogen-bond donors (Lipinski definition) is 1. The maximum Gasteiger partial charge on any atom is 0.262 e. The van der Waals surface area contributed by atoms with Gasteiger partial charge in [-0.25, -0.2) is 0 Å². The lowest BCUT2D eigenvalue weighted by molar-refractivity contribution is -0.0223. The number of carbonyl (C=O) groups excluding carboxylic acids is 2. The molecule has 1 atom stereocenters. The van der Waals surface area contributed by atoms with Gasteiger partial charge in [0.05, 0.1) is 22.2 Å². The molecule has 1 heterocycles. The summed E-state index contributed by atoms with van der Waals surface area (Å²) in [5, 5.41) is 10.6. The molecule has 0 fully saturated rings. The van der Waals surface area contributed by atoms with E-state index in [4.69, 9.17) is 0 Å². The van der Waals surface area contributed by atoms with Gasteiger partial charge >= 0.3 is 0 Å². The summed E-state index contributed by atoms with van der Waals surface area (Å²) in [6.07, 6.45) is -1.04. The SMILES string of the molecule is C=NC(C)(C)C(O)C(C)(C)N1C(=O)c2ccccc2C1=O. The first-order chi connectivity index (χ1) is 9.64. The van der Waals surface area contributed by atoms with Crippen LogP contribution in [-0.4, -0.2) is 45.7 Å². The van der Waals surface area contributed by atoms with E-state index >= 15 is 0 Å². The number of fused-ring (bicyclic) bond motifs is 1. The molecule has 0 aromatic heterocycles. The Labute approximate surface area is 124 Å². The largest absolute Gasteiger partial charge is 0.388 e. The molecule has 1 unspecified atom stereocenters. The minimum Gasteiger partial charge on any atom is -0.388 e. The van der Waals surface area contributed by atoms with Crippen molar-refractivity contribution in [1.29, 1.82) is 0 Å². The Morgan fingerprint density at radius 2 is 1.52 bits per heavy atom. The molecule has 5 heteroatoms. The van der Waals surface area contributed by atoms with E-state index in [-0.39, 0.29) is 11.8 Å². The first-order valence-electron chi connectivity index (χ1n) is 6.78.